The molecule has 10 heteroatoms. The number of nitriles is 1. The van der Waals surface area contributed by atoms with Crippen LogP contribution in [0.2, 0.25) is 5.02 Å². The minimum atomic E-state index is -0.0785. The molecule has 200 valence electrons. The van der Waals surface area contributed by atoms with Crippen molar-refractivity contribution in [3.8, 4) is 17.7 Å². The van der Waals surface area contributed by atoms with Crippen molar-refractivity contribution >= 4 is 28.9 Å². The highest BCUT2D eigenvalue weighted by Crippen LogP contribution is 2.39. The summed E-state index contributed by atoms with van der Waals surface area (Å²) in [5.41, 5.74) is 3.93. The van der Waals surface area contributed by atoms with Crippen molar-refractivity contribution in [1.29, 1.82) is 5.26 Å². The maximum atomic E-state index is 12.1. The summed E-state index contributed by atoms with van der Waals surface area (Å²) in [4.78, 5) is 25.4. The lowest BCUT2D eigenvalue weighted by atomic mass is 9.97. The van der Waals surface area contributed by atoms with Gasteiger partial charge in [-0.25, -0.2) is 4.98 Å². The summed E-state index contributed by atoms with van der Waals surface area (Å²) in [5.74, 6) is 0.431. The second kappa shape index (κ2) is 11.1. The number of halogens is 1. The van der Waals surface area contributed by atoms with Gasteiger partial charge in [0, 0.05) is 50.4 Å². The van der Waals surface area contributed by atoms with E-state index in [9.17, 15) is 15.2 Å². The highest BCUT2D eigenvalue weighted by atomic mass is 35.5. The molecule has 1 aromatic carbocycles. The van der Waals surface area contributed by atoms with Crippen molar-refractivity contribution in [3.63, 3.8) is 0 Å². The molecule has 4 heterocycles. The number of benzene rings is 1. The molecule has 1 amide bonds. The fraction of sp³-hybridized carbons (Fsp3) is 0.464. The fourth-order valence-corrected chi connectivity index (χ4v) is 5.92. The number of fused-ring (bicyclic) bond motifs is 1. The number of carbonyl (C=O) groups excluding carboxylic acids is 1. The summed E-state index contributed by atoms with van der Waals surface area (Å²) in [6.45, 7) is 8.59. The van der Waals surface area contributed by atoms with Crippen LogP contribution in [0.25, 0.3) is 0 Å². The smallest absolute Gasteiger partial charge is 0.246 e. The molecule has 2 saturated heterocycles. The third-order valence-corrected chi connectivity index (χ3v) is 8.16. The Labute approximate surface area is 228 Å². The SMILES string of the molecule is C=CC(=O)N1CCN(c2c(C#N)c(OCC3CCCN3C)nc3c2CCN(c2cc(O)ccc2Cl)C3)CC1. The van der Waals surface area contributed by atoms with Crippen LogP contribution in [0, 0.1) is 11.3 Å². The Balaban J connectivity index is 1.50. The fourth-order valence-electron chi connectivity index (χ4n) is 5.68. The number of anilines is 2. The zero-order valence-electron chi connectivity index (χ0n) is 21.7. The molecule has 1 unspecified atom stereocenters. The lowest BCUT2D eigenvalue weighted by Gasteiger charge is -2.39. The molecule has 0 radical (unpaired) electrons. The lowest BCUT2D eigenvalue weighted by Crippen LogP contribution is -2.49. The Bertz CT molecular complexity index is 1270. The van der Waals surface area contributed by atoms with Crippen molar-refractivity contribution in [2.45, 2.75) is 31.8 Å². The van der Waals surface area contributed by atoms with Gasteiger partial charge >= 0.3 is 0 Å². The minimum absolute atomic E-state index is 0.0785. The van der Waals surface area contributed by atoms with E-state index in [1.54, 1.807) is 23.1 Å². The molecule has 38 heavy (non-hydrogen) atoms. The highest BCUT2D eigenvalue weighted by molar-refractivity contribution is 6.33. The monoisotopic (exact) mass is 536 g/mol. The number of phenolic OH excluding ortho intramolecular Hbond substituents is 1. The van der Waals surface area contributed by atoms with Crippen molar-refractivity contribution < 1.29 is 14.6 Å². The van der Waals surface area contributed by atoms with Gasteiger partial charge in [0.05, 0.1) is 28.6 Å². The molecule has 3 aliphatic heterocycles. The van der Waals surface area contributed by atoms with Crippen LogP contribution in [-0.2, 0) is 17.8 Å². The number of likely N-dealkylation sites (tertiary alicyclic amines) is 1. The molecule has 1 N–H and O–H groups in total. The van der Waals surface area contributed by atoms with Crippen LogP contribution in [0.4, 0.5) is 11.4 Å². The van der Waals surface area contributed by atoms with Crippen LogP contribution in [0.1, 0.15) is 29.7 Å². The van der Waals surface area contributed by atoms with Gasteiger partial charge in [-0.1, -0.05) is 18.2 Å². The van der Waals surface area contributed by atoms with Gasteiger partial charge in [-0.2, -0.15) is 5.26 Å². The Kier molecular flexibility index (Phi) is 7.63. The molecule has 1 atom stereocenters. The standard InChI is InChI=1S/C28H33ClN6O3/c1-3-26(37)33-11-13-34(14-12-33)27-21-8-10-35(25-15-20(36)6-7-23(25)29)17-24(21)31-28(22(27)16-30)38-18-19-5-4-9-32(19)2/h3,6-7,15,19,36H,1,4-5,8-14,17-18H2,2H3. The number of rotatable bonds is 6. The Hall–Kier alpha value is -3.48. The number of piperazine rings is 1. The number of aromatic nitrogens is 1. The van der Waals surface area contributed by atoms with Crippen LogP contribution in [0.5, 0.6) is 11.6 Å². The van der Waals surface area contributed by atoms with E-state index in [4.69, 9.17) is 21.3 Å². The molecular formula is C28H33ClN6O3. The normalized spacial score (nSPS) is 19.7. The number of hydrogen-bond donors (Lipinski definition) is 1. The number of likely N-dealkylation sites (N-methyl/N-ethyl adjacent to an activating group) is 1. The molecule has 3 aliphatic rings. The molecule has 5 rings (SSSR count). The highest BCUT2D eigenvalue weighted by Gasteiger charge is 2.32. The van der Waals surface area contributed by atoms with E-state index in [1.807, 2.05) is 0 Å². The van der Waals surface area contributed by atoms with Crippen molar-refractivity contribution in [1.82, 2.24) is 14.8 Å². The van der Waals surface area contributed by atoms with Gasteiger partial charge in [-0.3, -0.25) is 4.79 Å². The van der Waals surface area contributed by atoms with Gasteiger partial charge in [0.2, 0.25) is 11.8 Å². The number of hydrogen-bond acceptors (Lipinski definition) is 8. The van der Waals surface area contributed by atoms with E-state index in [1.165, 1.54) is 6.08 Å². The van der Waals surface area contributed by atoms with Gasteiger partial charge in [0.1, 0.15) is 24.0 Å². The van der Waals surface area contributed by atoms with Crippen molar-refractivity contribution in [3.05, 3.63) is 52.7 Å². The zero-order valence-corrected chi connectivity index (χ0v) is 22.5. The molecule has 0 aliphatic carbocycles. The first kappa shape index (κ1) is 26.1. The Morgan fingerprint density at radius 1 is 1.26 bits per heavy atom. The molecule has 2 aromatic rings. The lowest BCUT2D eigenvalue weighted by molar-refractivity contribution is -0.126. The molecule has 0 bridgehead atoms. The molecule has 1 aromatic heterocycles. The molecule has 0 spiro atoms. The largest absolute Gasteiger partial charge is 0.508 e. The third kappa shape index (κ3) is 5.11. The summed E-state index contributed by atoms with van der Waals surface area (Å²) >= 11 is 6.48. The number of nitrogens with zero attached hydrogens (tertiary/aromatic N) is 6. The van der Waals surface area contributed by atoms with Crippen molar-refractivity contribution in [2.24, 2.45) is 0 Å². The maximum absolute atomic E-state index is 12.1. The summed E-state index contributed by atoms with van der Waals surface area (Å²) in [6.07, 6.45) is 4.19. The number of pyridine rings is 1. The van der Waals surface area contributed by atoms with Crippen LogP contribution in [0.15, 0.2) is 30.9 Å². The molecule has 0 saturated carbocycles. The number of phenols is 1. The van der Waals surface area contributed by atoms with E-state index < -0.39 is 0 Å². The zero-order chi connectivity index (χ0) is 26.8. The first-order valence-electron chi connectivity index (χ1n) is 13.1. The Morgan fingerprint density at radius 2 is 2.05 bits per heavy atom. The summed E-state index contributed by atoms with van der Waals surface area (Å²) in [5, 5.41) is 20.9. The second-order valence-corrected chi connectivity index (χ2v) is 10.5. The number of amides is 1. The minimum Gasteiger partial charge on any atom is -0.508 e. The first-order valence-corrected chi connectivity index (χ1v) is 13.5. The predicted molar refractivity (Wildman–Crippen MR) is 147 cm³/mol. The summed E-state index contributed by atoms with van der Waals surface area (Å²) in [6, 6.07) is 7.62. The van der Waals surface area contributed by atoms with E-state index in [0.29, 0.717) is 74.8 Å². The summed E-state index contributed by atoms with van der Waals surface area (Å²) < 4.78 is 6.28. The average Bonchev–Trinajstić information content (AvgIpc) is 3.36. The maximum Gasteiger partial charge on any atom is 0.246 e. The van der Waals surface area contributed by atoms with Gasteiger partial charge in [0.15, 0.2) is 0 Å². The first-order chi connectivity index (χ1) is 18.4. The van der Waals surface area contributed by atoms with Crippen molar-refractivity contribution in [2.75, 3.05) is 62.7 Å². The molecule has 9 nitrogen and oxygen atoms in total. The van der Waals surface area contributed by atoms with Gasteiger partial charge < -0.3 is 29.4 Å². The topological polar surface area (TPSA) is 96.2 Å². The van der Waals surface area contributed by atoms with Gasteiger partial charge in [-0.05, 0) is 51.1 Å². The summed E-state index contributed by atoms with van der Waals surface area (Å²) in [7, 11) is 2.10. The quantitative estimate of drug-likeness (QED) is 0.562. The number of ether oxygens (including phenoxy) is 1. The van der Waals surface area contributed by atoms with Crippen LogP contribution < -0.4 is 14.5 Å². The molecule has 2 fully saturated rings. The van der Waals surface area contributed by atoms with E-state index in [0.717, 1.165) is 42.0 Å². The van der Waals surface area contributed by atoms with E-state index >= 15 is 0 Å². The molecular weight excluding hydrogens is 504 g/mol. The average molecular weight is 537 g/mol. The number of aromatic hydroxyl groups is 1. The van der Waals surface area contributed by atoms with E-state index in [-0.39, 0.29) is 11.7 Å². The van der Waals surface area contributed by atoms with Crippen LogP contribution >= 0.6 is 11.6 Å². The van der Waals surface area contributed by atoms with Gasteiger partial charge in [-0.15, -0.1) is 0 Å². The van der Waals surface area contributed by atoms with E-state index in [2.05, 4.69) is 34.4 Å². The number of carbonyl (C=O) groups is 1. The predicted octanol–water partition coefficient (Wildman–Crippen LogP) is 3.18. The van der Waals surface area contributed by atoms with Crippen LogP contribution in [0.3, 0.4) is 0 Å². The second-order valence-electron chi connectivity index (χ2n) is 10.1. The van der Waals surface area contributed by atoms with Crippen LogP contribution in [-0.4, -0.2) is 84.8 Å². The van der Waals surface area contributed by atoms with Gasteiger partial charge in [0.25, 0.3) is 0 Å². The third-order valence-electron chi connectivity index (χ3n) is 7.84. The Morgan fingerprint density at radius 3 is 2.74 bits per heavy atom.